The quantitative estimate of drug-likeness (QED) is 0.566. The van der Waals surface area contributed by atoms with E-state index in [1.165, 1.54) is 19.3 Å². The molecule has 0 radical (unpaired) electrons. The molecule has 0 fully saturated rings. The molecule has 0 unspecified atom stereocenters. The molecule has 3 heteroatoms. The highest BCUT2D eigenvalue weighted by Gasteiger charge is 2.00. The summed E-state index contributed by atoms with van der Waals surface area (Å²) in [5, 5.41) is 8.79. The maximum Gasteiger partial charge on any atom is 0.331 e. The zero-order chi connectivity index (χ0) is 14.1. The van der Waals surface area contributed by atoms with Crippen molar-refractivity contribution in [2.45, 2.75) is 39.5 Å². The maximum absolute atomic E-state index is 10.7. The number of benzene rings is 1. The lowest BCUT2D eigenvalue weighted by Crippen LogP contribution is -1.97. The summed E-state index contributed by atoms with van der Waals surface area (Å²) in [6.45, 7) is 4.51. The molecule has 1 N–H and O–H groups in total. The van der Waals surface area contributed by atoms with Gasteiger partial charge in [-0.15, -0.1) is 0 Å². The number of hydrogen-bond donors (Lipinski definition) is 1. The van der Waals surface area contributed by atoms with E-state index in [0.29, 0.717) is 5.57 Å². The fourth-order valence-electron chi connectivity index (χ4n) is 1.69. The molecule has 0 aliphatic carbocycles. The largest absolute Gasteiger partial charge is 0.494 e. The molecule has 104 valence electrons. The van der Waals surface area contributed by atoms with E-state index in [4.69, 9.17) is 9.84 Å². The Morgan fingerprint density at radius 2 is 1.89 bits per heavy atom. The molecule has 0 bridgehead atoms. The fraction of sp³-hybridized carbons (Fsp3) is 0.438. The number of aliphatic carboxylic acids is 1. The van der Waals surface area contributed by atoms with Gasteiger partial charge in [0.25, 0.3) is 0 Å². The van der Waals surface area contributed by atoms with Crippen LogP contribution >= 0.6 is 0 Å². The molecule has 0 saturated heterocycles. The summed E-state index contributed by atoms with van der Waals surface area (Å²) in [4.78, 5) is 10.7. The van der Waals surface area contributed by atoms with Crippen LogP contribution in [0.1, 0.15) is 45.1 Å². The Morgan fingerprint density at radius 3 is 2.47 bits per heavy atom. The van der Waals surface area contributed by atoms with Crippen molar-refractivity contribution in [2.75, 3.05) is 6.61 Å². The summed E-state index contributed by atoms with van der Waals surface area (Å²) in [6, 6.07) is 7.49. The molecular formula is C16H22O3. The summed E-state index contributed by atoms with van der Waals surface area (Å²) in [7, 11) is 0. The number of carbonyl (C=O) groups is 1. The Balaban J connectivity index is 2.43. The predicted octanol–water partition coefficient (Wildman–Crippen LogP) is 4.13. The van der Waals surface area contributed by atoms with Gasteiger partial charge in [0, 0.05) is 5.57 Å². The lowest BCUT2D eigenvalue weighted by Gasteiger charge is -2.06. The van der Waals surface area contributed by atoms with E-state index in [0.717, 1.165) is 24.3 Å². The van der Waals surface area contributed by atoms with Crippen molar-refractivity contribution in [3.63, 3.8) is 0 Å². The second-order valence-electron chi connectivity index (χ2n) is 4.61. The SMILES string of the molecule is CCCCCCOc1ccc(/C=C(\C)C(=O)O)cc1. The number of unbranched alkanes of at least 4 members (excludes halogenated alkanes) is 3. The zero-order valence-corrected chi connectivity index (χ0v) is 11.7. The molecule has 0 atom stereocenters. The van der Waals surface area contributed by atoms with Gasteiger partial charge in [0.2, 0.25) is 0 Å². The molecule has 19 heavy (non-hydrogen) atoms. The van der Waals surface area contributed by atoms with Gasteiger partial charge in [-0.3, -0.25) is 0 Å². The van der Waals surface area contributed by atoms with Crippen molar-refractivity contribution < 1.29 is 14.6 Å². The molecule has 0 amide bonds. The summed E-state index contributed by atoms with van der Waals surface area (Å²) >= 11 is 0. The second kappa shape index (κ2) is 8.35. The molecular weight excluding hydrogens is 240 g/mol. The average molecular weight is 262 g/mol. The summed E-state index contributed by atoms with van der Waals surface area (Å²) in [5.74, 6) is -0.0575. The van der Waals surface area contributed by atoms with Crippen LogP contribution in [0, 0.1) is 0 Å². The average Bonchev–Trinajstić information content (AvgIpc) is 2.40. The Hall–Kier alpha value is -1.77. The van der Waals surface area contributed by atoms with E-state index in [1.807, 2.05) is 24.3 Å². The van der Waals surface area contributed by atoms with Gasteiger partial charge in [-0.05, 0) is 37.1 Å². The van der Waals surface area contributed by atoms with Crippen molar-refractivity contribution in [3.8, 4) is 5.75 Å². The minimum absolute atomic E-state index is 0.327. The Kier molecular flexibility index (Phi) is 6.72. The number of carboxylic acid groups (broad SMARTS) is 1. The van der Waals surface area contributed by atoms with E-state index in [2.05, 4.69) is 6.92 Å². The number of ether oxygens (including phenoxy) is 1. The summed E-state index contributed by atoms with van der Waals surface area (Å²) in [5.41, 5.74) is 1.20. The molecule has 0 saturated carbocycles. The third kappa shape index (κ3) is 6.09. The predicted molar refractivity (Wildman–Crippen MR) is 77.4 cm³/mol. The van der Waals surface area contributed by atoms with E-state index >= 15 is 0 Å². The Labute approximate surface area is 114 Å². The van der Waals surface area contributed by atoms with Gasteiger partial charge in [0.05, 0.1) is 6.61 Å². The standard InChI is InChI=1S/C16H22O3/c1-3-4-5-6-11-19-15-9-7-14(8-10-15)12-13(2)16(17)18/h7-10,12H,3-6,11H2,1-2H3,(H,17,18)/b13-12+. The van der Waals surface area contributed by atoms with Gasteiger partial charge < -0.3 is 9.84 Å². The highest BCUT2D eigenvalue weighted by molar-refractivity contribution is 5.91. The molecule has 1 aromatic rings. The first-order chi connectivity index (χ1) is 9.13. The van der Waals surface area contributed by atoms with Gasteiger partial charge >= 0.3 is 5.97 Å². The van der Waals surface area contributed by atoms with Crippen LogP contribution in [0.25, 0.3) is 6.08 Å². The molecule has 0 spiro atoms. The van der Waals surface area contributed by atoms with Crippen molar-refractivity contribution in [3.05, 3.63) is 35.4 Å². The monoisotopic (exact) mass is 262 g/mol. The third-order valence-corrected chi connectivity index (χ3v) is 2.87. The third-order valence-electron chi connectivity index (χ3n) is 2.87. The van der Waals surface area contributed by atoms with Crippen LogP contribution in [-0.4, -0.2) is 17.7 Å². The van der Waals surface area contributed by atoms with E-state index in [-0.39, 0.29) is 0 Å². The van der Waals surface area contributed by atoms with Crippen LogP contribution in [0.3, 0.4) is 0 Å². The van der Waals surface area contributed by atoms with Crippen molar-refractivity contribution in [2.24, 2.45) is 0 Å². The lowest BCUT2D eigenvalue weighted by atomic mass is 10.1. The minimum Gasteiger partial charge on any atom is -0.494 e. The first-order valence-electron chi connectivity index (χ1n) is 6.78. The van der Waals surface area contributed by atoms with Gasteiger partial charge in [-0.2, -0.15) is 0 Å². The van der Waals surface area contributed by atoms with Crippen LogP contribution in [-0.2, 0) is 4.79 Å². The second-order valence-corrected chi connectivity index (χ2v) is 4.61. The van der Waals surface area contributed by atoms with Gasteiger partial charge in [0.1, 0.15) is 5.75 Å². The van der Waals surface area contributed by atoms with Crippen LogP contribution in [0.2, 0.25) is 0 Å². The lowest BCUT2D eigenvalue weighted by molar-refractivity contribution is -0.132. The number of rotatable bonds is 8. The molecule has 1 aromatic carbocycles. The summed E-state index contributed by atoms with van der Waals surface area (Å²) in [6.07, 6.45) is 6.40. The molecule has 0 aliphatic rings. The first kappa shape index (κ1) is 15.3. The van der Waals surface area contributed by atoms with Crippen molar-refractivity contribution >= 4 is 12.0 Å². The molecule has 3 nitrogen and oxygen atoms in total. The van der Waals surface area contributed by atoms with Gasteiger partial charge in [-0.1, -0.05) is 38.3 Å². The van der Waals surface area contributed by atoms with Crippen LogP contribution in [0.4, 0.5) is 0 Å². The van der Waals surface area contributed by atoms with E-state index in [9.17, 15) is 4.79 Å². The number of hydrogen-bond acceptors (Lipinski definition) is 2. The van der Waals surface area contributed by atoms with Crippen LogP contribution < -0.4 is 4.74 Å². The van der Waals surface area contributed by atoms with E-state index < -0.39 is 5.97 Å². The fourth-order valence-corrected chi connectivity index (χ4v) is 1.69. The van der Waals surface area contributed by atoms with E-state index in [1.54, 1.807) is 13.0 Å². The zero-order valence-electron chi connectivity index (χ0n) is 11.7. The molecule has 0 heterocycles. The van der Waals surface area contributed by atoms with Crippen molar-refractivity contribution in [1.29, 1.82) is 0 Å². The smallest absolute Gasteiger partial charge is 0.331 e. The van der Waals surface area contributed by atoms with Crippen molar-refractivity contribution in [1.82, 2.24) is 0 Å². The molecule has 1 rings (SSSR count). The first-order valence-corrected chi connectivity index (χ1v) is 6.78. The highest BCUT2D eigenvalue weighted by Crippen LogP contribution is 2.15. The molecule has 0 aliphatic heterocycles. The minimum atomic E-state index is -0.892. The van der Waals surface area contributed by atoms with Crippen LogP contribution in [0.15, 0.2) is 29.8 Å². The number of carboxylic acids is 1. The normalized spacial score (nSPS) is 11.4. The highest BCUT2D eigenvalue weighted by atomic mass is 16.5. The summed E-state index contributed by atoms with van der Waals surface area (Å²) < 4.78 is 5.62. The van der Waals surface area contributed by atoms with Gasteiger partial charge in [-0.25, -0.2) is 4.79 Å². The topological polar surface area (TPSA) is 46.5 Å². The maximum atomic E-state index is 10.7. The Morgan fingerprint density at radius 1 is 1.21 bits per heavy atom. The van der Waals surface area contributed by atoms with Gasteiger partial charge in [0.15, 0.2) is 0 Å². The van der Waals surface area contributed by atoms with Crippen LogP contribution in [0.5, 0.6) is 5.75 Å². The Bertz CT molecular complexity index is 418. The molecule has 0 aromatic heterocycles.